The van der Waals surface area contributed by atoms with Crippen LogP contribution >= 0.6 is 0 Å². The first-order chi connectivity index (χ1) is 9.34. The summed E-state index contributed by atoms with van der Waals surface area (Å²) in [6.07, 6.45) is 11.0. The average molecular weight is 271 g/mol. The molecule has 19 heavy (non-hydrogen) atoms. The minimum Gasteiger partial charge on any atom is -0.465 e. The lowest BCUT2D eigenvalue weighted by Gasteiger charge is -2.21. The van der Waals surface area contributed by atoms with Gasteiger partial charge in [0, 0.05) is 6.61 Å². The number of esters is 1. The molecule has 0 amide bonds. The van der Waals surface area contributed by atoms with Crippen LogP contribution in [-0.2, 0) is 9.53 Å². The molecule has 112 valence electrons. The fraction of sp³-hybridized carbons (Fsp3) is 0.933. The zero-order valence-electron chi connectivity index (χ0n) is 12.0. The number of unbranched alkanes of at least 4 members (excludes halogenated alkanes) is 6. The van der Waals surface area contributed by atoms with E-state index in [1.807, 2.05) is 0 Å². The number of nitrogens with one attached hydrogen (secondary N) is 1. The van der Waals surface area contributed by atoms with Crippen molar-refractivity contribution in [3.63, 3.8) is 0 Å². The Morgan fingerprint density at radius 2 is 1.74 bits per heavy atom. The number of hydrogen-bond donors (Lipinski definition) is 2. The highest BCUT2D eigenvalue weighted by Crippen LogP contribution is 2.10. The van der Waals surface area contributed by atoms with Crippen LogP contribution in [0.4, 0.5) is 0 Å². The summed E-state index contributed by atoms with van der Waals surface area (Å²) in [5.41, 5.74) is 0. The van der Waals surface area contributed by atoms with Gasteiger partial charge in [0.15, 0.2) is 0 Å². The van der Waals surface area contributed by atoms with E-state index in [0.29, 0.717) is 13.2 Å². The van der Waals surface area contributed by atoms with Crippen LogP contribution in [0.3, 0.4) is 0 Å². The Morgan fingerprint density at radius 3 is 2.37 bits per heavy atom. The third kappa shape index (κ3) is 8.22. The van der Waals surface area contributed by atoms with Gasteiger partial charge in [0.25, 0.3) is 0 Å². The Kier molecular flexibility index (Phi) is 9.72. The summed E-state index contributed by atoms with van der Waals surface area (Å²) in [5, 5.41) is 11.8. The van der Waals surface area contributed by atoms with Gasteiger partial charge < -0.3 is 15.2 Å². The van der Waals surface area contributed by atoms with E-state index in [0.717, 1.165) is 45.1 Å². The quantitative estimate of drug-likeness (QED) is 0.473. The number of piperidine rings is 1. The van der Waals surface area contributed by atoms with Crippen molar-refractivity contribution in [3.05, 3.63) is 0 Å². The summed E-state index contributed by atoms with van der Waals surface area (Å²) in [7, 11) is 0. The molecule has 0 spiro atoms. The lowest BCUT2D eigenvalue weighted by atomic mass is 10.1. The molecule has 0 radical (unpaired) electrons. The minimum absolute atomic E-state index is 0.0627. The van der Waals surface area contributed by atoms with Gasteiger partial charge in [-0.05, 0) is 32.2 Å². The Morgan fingerprint density at radius 1 is 1.05 bits per heavy atom. The highest BCUT2D eigenvalue weighted by atomic mass is 16.5. The molecular weight excluding hydrogens is 242 g/mol. The molecule has 0 aromatic heterocycles. The summed E-state index contributed by atoms with van der Waals surface area (Å²) < 4.78 is 5.29. The molecule has 4 nitrogen and oxygen atoms in total. The average Bonchev–Trinajstić information content (AvgIpc) is 2.46. The number of hydrogen-bond acceptors (Lipinski definition) is 4. The molecule has 0 aromatic carbocycles. The van der Waals surface area contributed by atoms with Gasteiger partial charge in [0.05, 0.1) is 6.61 Å². The second kappa shape index (κ2) is 11.2. The predicted octanol–water partition coefficient (Wildman–Crippen LogP) is 2.39. The zero-order valence-corrected chi connectivity index (χ0v) is 12.0. The second-order valence-electron chi connectivity index (χ2n) is 5.37. The number of aliphatic hydroxyl groups is 1. The van der Waals surface area contributed by atoms with Crippen LogP contribution in [0.25, 0.3) is 0 Å². The summed E-state index contributed by atoms with van der Waals surface area (Å²) in [4.78, 5) is 11.7. The molecule has 2 N–H and O–H groups in total. The maximum Gasteiger partial charge on any atom is 0.323 e. The topological polar surface area (TPSA) is 58.6 Å². The molecule has 1 rings (SSSR count). The van der Waals surface area contributed by atoms with Gasteiger partial charge in [-0.1, -0.05) is 38.5 Å². The molecule has 1 atom stereocenters. The lowest BCUT2D eigenvalue weighted by molar-refractivity contribution is -0.146. The Bertz CT molecular complexity index is 227. The van der Waals surface area contributed by atoms with Crippen molar-refractivity contribution >= 4 is 5.97 Å². The zero-order chi connectivity index (χ0) is 13.8. The van der Waals surface area contributed by atoms with E-state index in [9.17, 15) is 4.79 Å². The van der Waals surface area contributed by atoms with E-state index in [4.69, 9.17) is 9.84 Å². The molecule has 1 fully saturated rings. The predicted molar refractivity (Wildman–Crippen MR) is 76.0 cm³/mol. The second-order valence-corrected chi connectivity index (χ2v) is 5.37. The third-order valence-electron chi connectivity index (χ3n) is 3.64. The number of aliphatic hydroxyl groups excluding tert-OH is 1. The lowest BCUT2D eigenvalue weighted by Crippen LogP contribution is -2.41. The van der Waals surface area contributed by atoms with E-state index in [-0.39, 0.29) is 12.0 Å². The van der Waals surface area contributed by atoms with Crippen molar-refractivity contribution in [2.24, 2.45) is 0 Å². The van der Waals surface area contributed by atoms with Crippen LogP contribution in [-0.4, -0.2) is 36.9 Å². The normalized spacial score (nSPS) is 19.3. The van der Waals surface area contributed by atoms with E-state index in [2.05, 4.69) is 5.32 Å². The summed E-state index contributed by atoms with van der Waals surface area (Å²) in [5.74, 6) is -0.0670. The van der Waals surface area contributed by atoms with Gasteiger partial charge in [-0.15, -0.1) is 0 Å². The molecular formula is C15H29NO3. The fourth-order valence-corrected chi connectivity index (χ4v) is 2.42. The standard InChI is InChI=1S/C15H29NO3/c17-12-8-4-2-1-3-5-9-13-19-15(18)14-10-6-7-11-16-14/h14,16-17H,1-13H2. The highest BCUT2D eigenvalue weighted by molar-refractivity contribution is 5.75. The molecule has 1 aliphatic rings. The third-order valence-corrected chi connectivity index (χ3v) is 3.64. The maximum absolute atomic E-state index is 11.7. The fourth-order valence-electron chi connectivity index (χ4n) is 2.42. The van der Waals surface area contributed by atoms with E-state index in [1.165, 1.54) is 25.7 Å². The Labute approximate surface area is 116 Å². The SMILES string of the molecule is O=C(OCCCCCCCCCO)C1CCCCN1. The van der Waals surface area contributed by atoms with Crippen LogP contribution in [0.15, 0.2) is 0 Å². The van der Waals surface area contributed by atoms with Crippen molar-refractivity contribution in [1.29, 1.82) is 0 Å². The minimum atomic E-state index is -0.0670. The molecule has 1 heterocycles. The van der Waals surface area contributed by atoms with Crippen molar-refractivity contribution in [2.45, 2.75) is 70.3 Å². The molecule has 1 unspecified atom stereocenters. The number of rotatable bonds is 10. The number of carbonyl (C=O) groups excluding carboxylic acids is 1. The molecule has 4 heteroatoms. The van der Waals surface area contributed by atoms with Crippen LogP contribution in [0.2, 0.25) is 0 Å². The van der Waals surface area contributed by atoms with E-state index in [1.54, 1.807) is 0 Å². The number of carbonyl (C=O) groups is 1. The van der Waals surface area contributed by atoms with Crippen molar-refractivity contribution in [2.75, 3.05) is 19.8 Å². The Balaban J connectivity index is 1.86. The first kappa shape index (κ1) is 16.4. The van der Waals surface area contributed by atoms with Crippen molar-refractivity contribution in [3.8, 4) is 0 Å². The van der Waals surface area contributed by atoms with Gasteiger partial charge in [0.2, 0.25) is 0 Å². The van der Waals surface area contributed by atoms with Gasteiger partial charge in [0.1, 0.15) is 6.04 Å². The molecule has 0 bridgehead atoms. The van der Waals surface area contributed by atoms with E-state index < -0.39 is 0 Å². The van der Waals surface area contributed by atoms with Gasteiger partial charge in [-0.2, -0.15) is 0 Å². The first-order valence-electron chi connectivity index (χ1n) is 7.85. The first-order valence-corrected chi connectivity index (χ1v) is 7.85. The Hall–Kier alpha value is -0.610. The molecule has 0 aromatic rings. The summed E-state index contributed by atoms with van der Waals surface area (Å²) in [6, 6.07) is -0.0627. The van der Waals surface area contributed by atoms with Crippen LogP contribution in [0, 0.1) is 0 Å². The van der Waals surface area contributed by atoms with Crippen molar-refractivity contribution in [1.82, 2.24) is 5.32 Å². The number of ether oxygens (including phenoxy) is 1. The highest BCUT2D eigenvalue weighted by Gasteiger charge is 2.21. The monoisotopic (exact) mass is 271 g/mol. The summed E-state index contributed by atoms with van der Waals surface area (Å²) >= 11 is 0. The summed E-state index contributed by atoms with van der Waals surface area (Å²) in [6.45, 7) is 1.81. The van der Waals surface area contributed by atoms with Crippen molar-refractivity contribution < 1.29 is 14.6 Å². The maximum atomic E-state index is 11.7. The smallest absolute Gasteiger partial charge is 0.323 e. The molecule has 1 saturated heterocycles. The van der Waals surface area contributed by atoms with Gasteiger partial charge >= 0.3 is 5.97 Å². The van der Waals surface area contributed by atoms with Crippen LogP contribution in [0.5, 0.6) is 0 Å². The van der Waals surface area contributed by atoms with Gasteiger partial charge in [-0.3, -0.25) is 4.79 Å². The molecule has 0 aliphatic carbocycles. The van der Waals surface area contributed by atoms with E-state index >= 15 is 0 Å². The van der Waals surface area contributed by atoms with Crippen LogP contribution in [0.1, 0.15) is 64.2 Å². The molecule has 0 saturated carbocycles. The van der Waals surface area contributed by atoms with Gasteiger partial charge in [-0.25, -0.2) is 0 Å². The van der Waals surface area contributed by atoms with Crippen LogP contribution < -0.4 is 5.32 Å². The largest absolute Gasteiger partial charge is 0.465 e. The molecule has 1 aliphatic heterocycles.